The summed E-state index contributed by atoms with van der Waals surface area (Å²) in [5.74, 6) is -1.04. The number of halogens is 2. The highest BCUT2D eigenvalue weighted by molar-refractivity contribution is 5.75. The van der Waals surface area contributed by atoms with E-state index >= 15 is 0 Å². The molecule has 2 saturated heterocycles. The molecule has 24 heavy (non-hydrogen) atoms. The fourth-order valence-electron chi connectivity index (χ4n) is 3.99. The van der Waals surface area contributed by atoms with Crippen molar-refractivity contribution in [3.8, 4) is 0 Å². The second kappa shape index (κ2) is 7.49. The van der Waals surface area contributed by atoms with Gasteiger partial charge in [-0.1, -0.05) is 6.07 Å². The van der Waals surface area contributed by atoms with E-state index in [-0.39, 0.29) is 18.1 Å². The Balaban J connectivity index is 1.64. The highest BCUT2D eigenvalue weighted by Crippen LogP contribution is 2.29. The summed E-state index contributed by atoms with van der Waals surface area (Å²) < 4.78 is 26.8. The molecule has 0 aliphatic carbocycles. The van der Waals surface area contributed by atoms with Crippen molar-refractivity contribution in [3.63, 3.8) is 0 Å². The Morgan fingerprint density at radius 3 is 2.62 bits per heavy atom. The van der Waals surface area contributed by atoms with E-state index in [4.69, 9.17) is 0 Å². The molecule has 132 valence electrons. The molecular formula is C19H26F2N2O. The van der Waals surface area contributed by atoms with Gasteiger partial charge in [-0.05, 0) is 63.5 Å². The Morgan fingerprint density at radius 2 is 1.92 bits per heavy atom. The summed E-state index contributed by atoms with van der Waals surface area (Å²) in [6.45, 7) is 3.79. The zero-order chi connectivity index (χ0) is 17.1. The van der Waals surface area contributed by atoms with E-state index < -0.39 is 11.6 Å². The number of piperidine rings is 1. The van der Waals surface area contributed by atoms with E-state index in [9.17, 15) is 13.6 Å². The number of hydrogen-bond acceptors (Lipinski definition) is 1. The minimum absolute atomic E-state index is 0.143. The molecule has 2 aliphatic rings. The maximum Gasteiger partial charge on any atom is 0.320 e. The van der Waals surface area contributed by atoms with Crippen molar-refractivity contribution in [2.75, 3.05) is 13.1 Å². The van der Waals surface area contributed by atoms with Crippen molar-refractivity contribution in [2.45, 2.75) is 64.0 Å². The van der Waals surface area contributed by atoms with E-state index in [2.05, 4.69) is 6.92 Å². The number of nitrogens with zero attached hydrogens (tertiary/aromatic N) is 2. The highest BCUT2D eigenvalue weighted by Gasteiger charge is 2.36. The van der Waals surface area contributed by atoms with Crippen LogP contribution in [0.5, 0.6) is 0 Å². The Hall–Kier alpha value is -1.65. The van der Waals surface area contributed by atoms with Gasteiger partial charge in [-0.2, -0.15) is 0 Å². The monoisotopic (exact) mass is 336 g/mol. The predicted molar refractivity (Wildman–Crippen MR) is 89.8 cm³/mol. The third kappa shape index (κ3) is 3.70. The van der Waals surface area contributed by atoms with Crippen LogP contribution in [-0.4, -0.2) is 41.0 Å². The fourth-order valence-corrected chi connectivity index (χ4v) is 3.99. The lowest BCUT2D eigenvalue weighted by atomic mass is 10.0. The number of hydrogen-bond donors (Lipinski definition) is 0. The number of likely N-dealkylation sites (tertiary alicyclic amines) is 2. The minimum atomic E-state index is -0.548. The highest BCUT2D eigenvalue weighted by atomic mass is 19.1. The third-order valence-corrected chi connectivity index (χ3v) is 5.40. The lowest BCUT2D eigenvalue weighted by molar-refractivity contribution is 0.124. The van der Waals surface area contributed by atoms with Crippen molar-refractivity contribution in [1.82, 2.24) is 9.80 Å². The van der Waals surface area contributed by atoms with Gasteiger partial charge in [-0.25, -0.2) is 13.6 Å². The summed E-state index contributed by atoms with van der Waals surface area (Å²) in [6, 6.07) is 4.28. The van der Waals surface area contributed by atoms with E-state index in [1.165, 1.54) is 18.6 Å². The number of rotatable bonds is 3. The van der Waals surface area contributed by atoms with Crippen molar-refractivity contribution < 1.29 is 13.6 Å². The molecule has 0 aromatic heterocycles. The van der Waals surface area contributed by atoms with Crippen LogP contribution in [0.3, 0.4) is 0 Å². The van der Waals surface area contributed by atoms with Gasteiger partial charge in [0.2, 0.25) is 0 Å². The lowest BCUT2D eigenvalue weighted by Gasteiger charge is -2.36. The predicted octanol–water partition coefficient (Wildman–Crippen LogP) is 4.36. The van der Waals surface area contributed by atoms with Crippen LogP contribution in [0.15, 0.2) is 18.2 Å². The molecule has 3 nitrogen and oxygen atoms in total. The maximum absolute atomic E-state index is 13.8. The SMILES string of the molecule is C[C@@H]1CC[C@H](CCc2ccc(F)cc2F)N1C(=O)N1CCCCC1. The Morgan fingerprint density at radius 1 is 1.17 bits per heavy atom. The van der Waals surface area contributed by atoms with Gasteiger partial charge in [0, 0.05) is 31.2 Å². The lowest BCUT2D eigenvalue weighted by Crippen LogP contribution is -2.49. The van der Waals surface area contributed by atoms with Gasteiger partial charge < -0.3 is 9.80 Å². The number of aryl methyl sites for hydroxylation is 1. The maximum atomic E-state index is 13.8. The second-order valence-corrected chi connectivity index (χ2v) is 7.09. The average molecular weight is 336 g/mol. The van der Waals surface area contributed by atoms with Gasteiger partial charge in [-0.15, -0.1) is 0 Å². The quantitative estimate of drug-likeness (QED) is 0.805. The van der Waals surface area contributed by atoms with Gasteiger partial charge in [0.05, 0.1) is 0 Å². The Bertz CT molecular complexity index is 587. The van der Waals surface area contributed by atoms with Crippen LogP contribution >= 0.6 is 0 Å². The smallest absolute Gasteiger partial charge is 0.320 e. The molecule has 0 unspecified atom stereocenters. The summed E-state index contributed by atoms with van der Waals surface area (Å²) in [7, 11) is 0. The number of urea groups is 1. The molecule has 0 spiro atoms. The fraction of sp³-hybridized carbons (Fsp3) is 0.632. The number of carbonyl (C=O) groups is 1. The molecule has 0 N–H and O–H groups in total. The Labute approximate surface area is 142 Å². The topological polar surface area (TPSA) is 23.6 Å². The zero-order valence-electron chi connectivity index (χ0n) is 14.3. The first-order valence-electron chi connectivity index (χ1n) is 9.07. The van der Waals surface area contributed by atoms with Crippen LogP contribution < -0.4 is 0 Å². The van der Waals surface area contributed by atoms with Crippen molar-refractivity contribution in [2.24, 2.45) is 0 Å². The minimum Gasteiger partial charge on any atom is -0.325 e. The Kier molecular flexibility index (Phi) is 5.36. The van der Waals surface area contributed by atoms with Crippen LogP contribution in [-0.2, 0) is 6.42 Å². The van der Waals surface area contributed by atoms with Crippen LogP contribution in [0.25, 0.3) is 0 Å². The summed E-state index contributed by atoms with van der Waals surface area (Å²) >= 11 is 0. The largest absolute Gasteiger partial charge is 0.325 e. The molecule has 0 radical (unpaired) electrons. The summed E-state index contributed by atoms with van der Waals surface area (Å²) in [6.07, 6.45) is 6.59. The van der Waals surface area contributed by atoms with Gasteiger partial charge >= 0.3 is 6.03 Å². The molecule has 5 heteroatoms. The van der Waals surface area contributed by atoms with Crippen LogP contribution in [0.2, 0.25) is 0 Å². The second-order valence-electron chi connectivity index (χ2n) is 7.09. The normalized spacial score (nSPS) is 24.5. The molecule has 2 amide bonds. The first-order valence-corrected chi connectivity index (χ1v) is 9.07. The van der Waals surface area contributed by atoms with E-state index in [1.807, 2.05) is 9.80 Å². The molecule has 2 atom stereocenters. The molecular weight excluding hydrogens is 310 g/mol. The number of benzene rings is 1. The first kappa shape index (κ1) is 17.2. The van der Waals surface area contributed by atoms with E-state index in [0.717, 1.165) is 51.3 Å². The van der Waals surface area contributed by atoms with Gasteiger partial charge in [0.1, 0.15) is 11.6 Å². The summed E-state index contributed by atoms with van der Waals surface area (Å²) in [5, 5.41) is 0. The number of carbonyl (C=O) groups excluding carboxylic acids is 1. The molecule has 2 fully saturated rings. The molecule has 2 aliphatic heterocycles. The van der Waals surface area contributed by atoms with E-state index in [0.29, 0.717) is 12.0 Å². The van der Waals surface area contributed by atoms with Gasteiger partial charge in [0.25, 0.3) is 0 Å². The molecule has 1 aromatic carbocycles. The summed E-state index contributed by atoms with van der Waals surface area (Å²) in [4.78, 5) is 16.8. The van der Waals surface area contributed by atoms with Crippen LogP contribution in [0.4, 0.5) is 13.6 Å². The third-order valence-electron chi connectivity index (χ3n) is 5.40. The molecule has 1 aromatic rings. The molecule has 0 bridgehead atoms. The number of amides is 2. The van der Waals surface area contributed by atoms with Crippen LogP contribution in [0.1, 0.15) is 51.0 Å². The van der Waals surface area contributed by atoms with Gasteiger partial charge in [0.15, 0.2) is 0 Å². The van der Waals surface area contributed by atoms with Crippen molar-refractivity contribution in [3.05, 3.63) is 35.4 Å². The van der Waals surface area contributed by atoms with Crippen molar-refractivity contribution in [1.29, 1.82) is 0 Å². The molecule has 3 rings (SSSR count). The van der Waals surface area contributed by atoms with E-state index in [1.54, 1.807) is 0 Å². The zero-order valence-corrected chi connectivity index (χ0v) is 14.3. The van der Waals surface area contributed by atoms with Gasteiger partial charge in [-0.3, -0.25) is 0 Å². The first-order chi connectivity index (χ1) is 11.6. The standard InChI is InChI=1S/C19H26F2N2O/c1-14-5-9-17(10-7-15-6-8-16(20)13-18(15)21)23(14)19(24)22-11-3-2-4-12-22/h6,8,13-14,17H,2-5,7,9-12H2,1H3/t14-,17-/m1/s1. The summed E-state index contributed by atoms with van der Waals surface area (Å²) in [5.41, 5.74) is 0.529. The van der Waals surface area contributed by atoms with Crippen LogP contribution in [0, 0.1) is 11.6 Å². The average Bonchev–Trinajstić information content (AvgIpc) is 2.95. The molecule has 0 saturated carbocycles. The van der Waals surface area contributed by atoms with Crippen molar-refractivity contribution >= 4 is 6.03 Å². The molecule has 2 heterocycles.